The normalized spacial score (nSPS) is 13.3. The minimum absolute atomic E-state index is 0.0305. The molecule has 0 fully saturated rings. The van der Waals surface area contributed by atoms with Gasteiger partial charge in [0.05, 0.1) is 26.6 Å². The van der Waals surface area contributed by atoms with E-state index in [0.717, 1.165) is 20.8 Å². The van der Waals surface area contributed by atoms with E-state index in [1.54, 1.807) is 36.4 Å². The van der Waals surface area contributed by atoms with Gasteiger partial charge in [-0.25, -0.2) is 18.1 Å². The van der Waals surface area contributed by atoms with Gasteiger partial charge in [0, 0.05) is 13.6 Å². The number of nitrogens with zero attached hydrogens (tertiary/aromatic N) is 2. The van der Waals surface area contributed by atoms with Crippen molar-refractivity contribution in [2.24, 2.45) is 0 Å². The second-order valence-corrected chi connectivity index (χ2v) is 9.99. The lowest BCUT2D eigenvalue weighted by molar-refractivity contribution is 0.0228. The molecule has 4 rings (SSSR count). The molecule has 0 spiro atoms. The van der Waals surface area contributed by atoms with Crippen molar-refractivity contribution in [3.05, 3.63) is 100 Å². The molecule has 0 aromatic heterocycles. The lowest BCUT2D eigenvalue weighted by Crippen LogP contribution is -2.33. The largest absolute Gasteiger partial charge is 0.440 e. The van der Waals surface area contributed by atoms with Gasteiger partial charge in [-0.3, -0.25) is 9.59 Å². The zero-order valence-corrected chi connectivity index (χ0v) is 19.5. The van der Waals surface area contributed by atoms with Gasteiger partial charge < -0.3 is 4.74 Å². The van der Waals surface area contributed by atoms with E-state index in [-0.39, 0.29) is 33.2 Å². The van der Waals surface area contributed by atoms with Crippen LogP contribution in [0.15, 0.2) is 77.7 Å². The molecular weight excluding hydrogens is 480 g/mol. The summed E-state index contributed by atoms with van der Waals surface area (Å²) in [4.78, 5) is 38.2. The van der Waals surface area contributed by atoms with Crippen molar-refractivity contribution in [2.45, 2.75) is 11.4 Å². The number of hydrogen-bond donors (Lipinski definition) is 0. The molecule has 174 valence electrons. The molecule has 1 aliphatic heterocycles. The molecule has 3 aromatic rings. The molecule has 0 aliphatic carbocycles. The zero-order valence-electron chi connectivity index (χ0n) is 18.0. The molecule has 0 atom stereocenters. The van der Waals surface area contributed by atoms with Crippen molar-refractivity contribution in [1.82, 2.24) is 9.21 Å². The van der Waals surface area contributed by atoms with Crippen LogP contribution in [0.2, 0.25) is 5.02 Å². The molecule has 0 bridgehead atoms. The highest BCUT2D eigenvalue weighted by Gasteiger charge is 2.36. The maximum Gasteiger partial charge on any atom is 0.341 e. The molecule has 8 nitrogen and oxygen atoms in total. The van der Waals surface area contributed by atoms with Crippen LogP contribution < -0.4 is 0 Å². The monoisotopic (exact) mass is 498 g/mol. The first-order valence-electron chi connectivity index (χ1n) is 10.1. The third kappa shape index (κ3) is 4.45. The maximum absolute atomic E-state index is 13.0. The Hall–Kier alpha value is -3.53. The molecule has 0 unspecified atom stereocenters. The summed E-state index contributed by atoms with van der Waals surface area (Å²) in [7, 11) is -2.52. The van der Waals surface area contributed by atoms with E-state index in [2.05, 4.69) is 0 Å². The Morgan fingerprint density at radius 2 is 1.53 bits per heavy atom. The average molecular weight is 499 g/mol. The van der Waals surface area contributed by atoms with Crippen molar-refractivity contribution in [3.8, 4) is 0 Å². The molecule has 0 N–H and O–H groups in total. The van der Waals surface area contributed by atoms with Gasteiger partial charge in [-0.05, 0) is 35.9 Å². The third-order valence-corrected chi connectivity index (χ3v) is 7.45. The summed E-state index contributed by atoms with van der Waals surface area (Å²) >= 11 is 6.12. The Bertz CT molecular complexity index is 1360. The first-order chi connectivity index (χ1) is 16.2. The SMILES string of the molecule is CN(Cc1ccccc1)S(=O)(=O)c1ccc(Cl)c(C(=O)OCN2C(=O)c3ccccc3C2=O)c1. The quantitative estimate of drug-likeness (QED) is 0.364. The molecule has 34 heavy (non-hydrogen) atoms. The Kier molecular flexibility index (Phi) is 6.52. The van der Waals surface area contributed by atoms with E-state index in [9.17, 15) is 22.8 Å². The number of rotatable bonds is 7. The number of fused-ring (bicyclic) bond motifs is 1. The standard InChI is InChI=1S/C24H19ClN2O6S/c1-26(14-16-7-3-2-4-8-16)34(31,32)17-11-12-21(25)20(13-17)24(30)33-15-27-22(28)18-9-5-6-10-19(18)23(27)29/h2-13H,14-15H2,1H3. The topological polar surface area (TPSA) is 101 Å². The zero-order chi connectivity index (χ0) is 24.5. The van der Waals surface area contributed by atoms with Crippen LogP contribution >= 0.6 is 11.6 Å². The molecule has 2 amide bonds. The molecular formula is C24H19ClN2O6S. The second kappa shape index (κ2) is 9.38. The van der Waals surface area contributed by atoms with Crippen molar-refractivity contribution in [1.29, 1.82) is 0 Å². The van der Waals surface area contributed by atoms with Crippen LogP contribution in [0.25, 0.3) is 0 Å². The van der Waals surface area contributed by atoms with E-state index >= 15 is 0 Å². The lowest BCUT2D eigenvalue weighted by atomic mass is 10.1. The van der Waals surface area contributed by atoms with E-state index in [0.29, 0.717) is 0 Å². The number of sulfonamides is 1. The van der Waals surface area contributed by atoms with Gasteiger partial charge in [0.2, 0.25) is 10.0 Å². The number of carbonyl (C=O) groups excluding carboxylic acids is 3. The number of hydrogen-bond acceptors (Lipinski definition) is 6. The number of imide groups is 1. The van der Waals surface area contributed by atoms with Gasteiger partial charge in [-0.1, -0.05) is 54.1 Å². The van der Waals surface area contributed by atoms with E-state index in [1.807, 2.05) is 6.07 Å². The summed E-state index contributed by atoms with van der Waals surface area (Å²) in [5, 5.41) is -0.0305. The number of amides is 2. The van der Waals surface area contributed by atoms with Crippen molar-refractivity contribution in [3.63, 3.8) is 0 Å². The summed E-state index contributed by atoms with van der Waals surface area (Å²) in [6, 6.07) is 19.0. The molecule has 3 aromatic carbocycles. The van der Waals surface area contributed by atoms with E-state index < -0.39 is 34.5 Å². The van der Waals surface area contributed by atoms with Crippen LogP contribution in [-0.2, 0) is 21.3 Å². The van der Waals surface area contributed by atoms with E-state index in [4.69, 9.17) is 16.3 Å². The van der Waals surface area contributed by atoms with Gasteiger partial charge in [0.25, 0.3) is 11.8 Å². The molecule has 10 heteroatoms. The molecule has 1 heterocycles. The average Bonchev–Trinajstić information content (AvgIpc) is 3.08. The summed E-state index contributed by atoms with van der Waals surface area (Å²) in [6.07, 6.45) is 0. The fourth-order valence-corrected chi connectivity index (χ4v) is 4.86. The summed E-state index contributed by atoms with van der Waals surface area (Å²) in [6.45, 7) is -0.502. The summed E-state index contributed by atoms with van der Waals surface area (Å²) in [5.41, 5.74) is 1.03. The minimum atomic E-state index is -3.95. The molecule has 1 aliphatic rings. The number of esters is 1. The van der Waals surface area contributed by atoms with Gasteiger partial charge in [-0.2, -0.15) is 4.31 Å². The van der Waals surface area contributed by atoms with E-state index in [1.165, 1.54) is 31.3 Å². The Morgan fingerprint density at radius 3 is 2.15 bits per heavy atom. The van der Waals surface area contributed by atoms with Gasteiger partial charge in [0.15, 0.2) is 6.73 Å². The highest BCUT2D eigenvalue weighted by atomic mass is 35.5. The predicted molar refractivity (Wildman–Crippen MR) is 124 cm³/mol. The fraction of sp³-hybridized carbons (Fsp3) is 0.125. The Labute approximate surface area is 201 Å². The van der Waals surface area contributed by atoms with Crippen LogP contribution in [0.3, 0.4) is 0 Å². The summed E-state index contributed by atoms with van der Waals surface area (Å²) < 4.78 is 32.4. The number of halogens is 1. The predicted octanol–water partition coefficient (Wildman–Crippen LogP) is 3.57. The van der Waals surface area contributed by atoms with Crippen molar-refractivity contribution in [2.75, 3.05) is 13.8 Å². The van der Waals surface area contributed by atoms with Gasteiger partial charge in [-0.15, -0.1) is 0 Å². The first-order valence-corrected chi connectivity index (χ1v) is 11.9. The molecule has 0 radical (unpaired) electrons. The smallest absolute Gasteiger partial charge is 0.341 e. The highest BCUT2D eigenvalue weighted by Crippen LogP contribution is 2.26. The van der Waals surface area contributed by atoms with Crippen molar-refractivity contribution < 1.29 is 27.5 Å². The minimum Gasteiger partial charge on any atom is -0.440 e. The van der Waals surface area contributed by atoms with Crippen LogP contribution in [0.4, 0.5) is 0 Å². The van der Waals surface area contributed by atoms with Crippen LogP contribution in [-0.4, -0.2) is 49.2 Å². The van der Waals surface area contributed by atoms with Gasteiger partial charge >= 0.3 is 5.97 Å². The van der Waals surface area contributed by atoms with Crippen LogP contribution in [0, 0.1) is 0 Å². The van der Waals surface area contributed by atoms with Crippen molar-refractivity contribution >= 4 is 39.4 Å². The number of benzene rings is 3. The number of ether oxygens (including phenoxy) is 1. The molecule has 0 saturated carbocycles. The Morgan fingerprint density at radius 1 is 0.941 bits per heavy atom. The van der Waals surface area contributed by atoms with Gasteiger partial charge in [0.1, 0.15) is 0 Å². The first kappa shape index (κ1) is 23.6. The second-order valence-electron chi connectivity index (χ2n) is 7.53. The molecule has 0 saturated heterocycles. The Balaban J connectivity index is 1.50. The third-order valence-electron chi connectivity index (χ3n) is 5.32. The lowest BCUT2D eigenvalue weighted by Gasteiger charge is -2.18. The van der Waals surface area contributed by atoms with Crippen LogP contribution in [0.5, 0.6) is 0 Å². The fourth-order valence-electron chi connectivity index (χ4n) is 3.48. The summed E-state index contributed by atoms with van der Waals surface area (Å²) in [5.74, 6) is -2.14. The highest BCUT2D eigenvalue weighted by molar-refractivity contribution is 7.89. The maximum atomic E-state index is 13.0. The van der Waals surface area contributed by atoms with Crippen LogP contribution in [0.1, 0.15) is 36.6 Å². The number of carbonyl (C=O) groups is 3.